The van der Waals surface area contributed by atoms with Crippen LogP contribution in [-0.4, -0.2) is 10.2 Å². The van der Waals surface area contributed by atoms with E-state index in [1.165, 1.54) is 16.7 Å². The van der Waals surface area contributed by atoms with Crippen molar-refractivity contribution in [2.45, 2.75) is 19.9 Å². The molecule has 3 rings (SSSR count). The van der Waals surface area contributed by atoms with Crippen LogP contribution in [0.4, 0.5) is 0 Å². The van der Waals surface area contributed by atoms with Crippen molar-refractivity contribution >= 4 is 11.3 Å². The van der Waals surface area contributed by atoms with Gasteiger partial charge < -0.3 is 5.73 Å². The van der Waals surface area contributed by atoms with Gasteiger partial charge in [0.15, 0.2) is 0 Å². The molecule has 1 unspecified atom stereocenters. The van der Waals surface area contributed by atoms with Crippen LogP contribution in [-0.2, 0) is 0 Å². The number of aromatic nitrogens is 2. The molecule has 0 bridgehead atoms. The van der Waals surface area contributed by atoms with E-state index >= 15 is 0 Å². The van der Waals surface area contributed by atoms with Gasteiger partial charge in [0.2, 0.25) is 0 Å². The quantitative estimate of drug-likeness (QED) is 0.798. The maximum Gasteiger partial charge on any atom is 0.148 e. The van der Waals surface area contributed by atoms with E-state index in [0.29, 0.717) is 0 Å². The molecule has 0 fully saturated rings. The zero-order valence-corrected chi connectivity index (χ0v) is 12.9. The van der Waals surface area contributed by atoms with E-state index in [0.717, 1.165) is 15.6 Å². The standard InChI is InChI=1S/C17H17N3S/c1-11-7-6-8-12(2)14(11)16-19-20-17(21-16)15(18)13-9-4-3-5-10-13/h3-10,15H,18H2,1-2H3. The molecule has 0 spiro atoms. The number of nitrogens with zero attached hydrogens (tertiary/aromatic N) is 2. The van der Waals surface area contributed by atoms with Gasteiger partial charge in [-0.05, 0) is 30.5 Å². The van der Waals surface area contributed by atoms with Gasteiger partial charge in [-0.25, -0.2) is 0 Å². The fourth-order valence-corrected chi connectivity index (χ4v) is 3.46. The summed E-state index contributed by atoms with van der Waals surface area (Å²) in [5, 5.41) is 10.4. The molecular weight excluding hydrogens is 278 g/mol. The molecule has 0 aliphatic rings. The van der Waals surface area contributed by atoms with Crippen LogP contribution in [0.2, 0.25) is 0 Å². The Balaban J connectivity index is 1.97. The van der Waals surface area contributed by atoms with Crippen molar-refractivity contribution in [2.24, 2.45) is 5.73 Å². The van der Waals surface area contributed by atoms with Crippen molar-refractivity contribution in [3.05, 3.63) is 70.2 Å². The molecule has 0 aliphatic heterocycles. The monoisotopic (exact) mass is 295 g/mol. The zero-order valence-electron chi connectivity index (χ0n) is 12.1. The molecule has 1 atom stereocenters. The minimum atomic E-state index is -0.221. The fraction of sp³-hybridized carbons (Fsp3) is 0.176. The van der Waals surface area contributed by atoms with Gasteiger partial charge >= 0.3 is 0 Å². The highest BCUT2D eigenvalue weighted by molar-refractivity contribution is 7.14. The average molecular weight is 295 g/mol. The Bertz CT molecular complexity index is 729. The minimum Gasteiger partial charge on any atom is -0.318 e. The molecule has 3 nitrogen and oxygen atoms in total. The number of hydrogen-bond donors (Lipinski definition) is 1. The maximum atomic E-state index is 6.29. The van der Waals surface area contributed by atoms with E-state index in [2.05, 4.69) is 42.2 Å². The zero-order chi connectivity index (χ0) is 14.8. The molecule has 4 heteroatoms. The summed E-state index contributed by atoms with van der Waals surface area (Å²) in [6.45, 7) is 4.20. The van der Waals surface area contributed by atoms with Crippen molar-refractivity contribution < 1.29 is 0 Å². The first-order valence-corrected chi connectivity index (χ1v) is 7.69. The van der Waals surface area contributed by atoms with Crippen LogP contribution in [0.5, 0.6) is 0 Å². The van der Waals surface area contributed by atoms with Gasteiger partial charge in [0, 0.05) is 5.56 Å². The molecule has 2 aromatic carbocycles. The Morgan fingerprint density at radius 1 is 0.905 bits per heavy atom. The van der Waals surface area contributed by atoms with Crippen LogP contribution in [0.1, 0.15) is 27.7 Å². The van der Waals surface area contributed by atoms with E-state index in [1.54, 1.807) is 11.3 Å². The maximum absolute atomic E-state index is 6.29. The summed E-state index contributed by atoms with van der Waals surface area (Å²) in [5.74, 6) is 0. The molecule has 2 N–H and O–H groups in total. The van der Waals surface area contributed by atoms with Crippen molar-refractivity contribution in [2.75, 3.05) is 0 Å². The minimum absolute atomic E-state index is 0.221. The lowest BCUT2D eigenvalue weighted by atomic mass is 10.0. The third-order valence-corrected chi connectivity index (χ3v) is 4.58. The van der Waals surface area contributed by atoms with Crippen molar-refractivity contribution in [1.82, 2.24) is 10.2 Å². The Kier molecular flexibility index (Phi) is 3.82. The largest absolute Gasteiger partial charge is 0.318 e. The summed E-state index contributed by atoms with van der Waals surface area (Å²) in [6, 6.07) is 16.0. The lowest BCUT2D eigenvalue weighted by Gasteiger charge is -2.07. The van der Waals surface area contributed by atoms with E-state index in [9.17, 15) is 0 Å². The molecule has 0 amide bonds. The van der Waals surface area contributed by atoms with Crippen molar-refractivity contribution in [3.8, 4) is 10.6 Å². The highest BCUT2D eigenvalue weighted by Crippen LogP contribution is 2.32. The topological polar surface area (TPSA) is 51.8 Å². The number of rotatable bonds is 3. The molecule has 106 valence electrons. The molecule has 3 aromatic rings. The predicted octanol–water partition coefficient (Wildman–Crippen LogP) is 3.87. The molecule has 21 heavy (non-hydrogen) atoms. The average Bonchev–Trinajstić information content (AvgIpc) is 2.97. The molecule has 0 saturated heterocycles. The predicted molar refractivity (Wildman–Crippen MR) is 87.3 cm³/mol. The first kappa shape index (κ1) is 13.9. The van der Waals surface area contributed by atoms with Crippen LogP contribution >= 0.6 is 11.3 Å². The number of hydrogen-bond acceptors (Lipinski definition) is 4. The van der Waals surface area contributed by atoms with Crippen LogP contribution < -0.4 is 5.73 Å². The van der Waals surface area contributed by atoms with E-state index in [-0.39, 0.29) is 6.04 Å². The van der Waals surface area contributed by atoms with E-state index in [4.69, 9.17) is 5.73 Å². The summed E-state index contributed by atoms with van der Waals surface area (Å²) >= 11 is 1.57. The third-order valence-electron chi connectivity index (χ3n) is 3.56. The third kappa shape index (κ3) is 2.73. The Hall–Kier alpha value is -2.04. The number of benzene rings is 2. The van der Waals surface area contributed by atoms with Gasteiger partial charge in [0.1, 0.15) is 10.0 Å². The van der Waals surface area contributed by atoms with Crippen LogP contribution in [0.3, 0.4) is 0 Å². The van der Waals surface area contributed by atoms with Crippen molar-refractivity contribution in [1.29, 1.82) is 0 Å². The second-order valence-electron chi connectivity index (χ2n) is 5.10. The summed E-state index contributed by atoms with van der Waals surface area (Å²) in [6.07, 6.45) is 0. The van der Waals surface area contributed by atoms with Crippen LogP contribution in [0, 0.1) is 13.8 Å². The molecule has 0 radical (unpaired) electrons. The number of aryl methyl sites for hydroxylation is 2. The first-order valence-electron chi connectivity index (χ1n) is 6.87. The smallest absolute Gasteiger partial charge is 0.148 e. The van der Waals surface area contributed by atoms with Gasteiger partial charge in [0.25, 0.3) is 0 Å². The Morgan fingerprint density at radius 2 is 1.57 bits per heavy atom. The SMILES string of the molecule is Cc1cccc(C)c1-c1nnc(C(N)c2ccccc2)s1. The molecule has 1 heterocycles. The highest BCUT2D eigenvalue weighted by Gasteiger charge is 2.17. The fourth-order valence-electron chi connectivity index (χ4n) is 2.42. The van der Waals surface area contributed by atoms with Gasteiger partial charge in [0.05, 0.1) is 6.04 Å². The van der Waals surface area contributed by atoms with Crippen molar-refractivity contribution in [3.63, 3.8) is 0 Å². The summed E-state index contributed by atoms with van der Waals surface area (Å²) < 4.78 is 0. The second kappa shape index (κ2) is 5.76. The first-order chi connectivity index (χ1) is 10.2. The van der Waals surface area contributed by atoms with E-state index < -0.39 is 0 Å². The molecule has 0 aliphatic carbocycles. The summed E-state index contributed by atoms with van der Waals surface area (Å²) in [7, 11) is 0. The van der Waals surface area contributed by atoms with Gasteiger partial charge in [-0.1, -0.05) is 59.9 Å². The molecule has 0 saturated carbocycles. The number of nitrogens with two attached hydrogens (primary N) is 1. The van der Waals surface area contributed by atoms with Gasteiger partial charge in [-0.3, -0.25) is 0 Å². The molecular formula is C17H17N3S. The van der Waals surface area contributed by atoms with E-state index in [1.807, 2.05) is 30.3 Å². The van der Waals surface area contributed by atoms with Gasteiger partial charge in [-0.15, -0.1) is 10.2 Å². The second-order valence-corrected chi connectivity index (χ2v) is 6.11. The van der Waals surface area contributed by atoms with Gasteiger partial charge in [-0.2, -0.15) is 0 Å². The molecule has 1 aromatic heterocycles. The highest BCUT2D eigenvalue weighted by atomic mass is 32.1. The van der Waals surface area contributed by atoms with Crippen LogP contribution in [0.15, 0.2) is 48.5 Å². The lowest BCUT2D eigenvalue weighted by molar-refractivity contribution is 0.831. The summed E-state index contributed by atoms with van der Waals surface area (Å²) in [5.41, 5.74) is 10.9. The Morgan fingerprint density at radius 3 is 2.24 bits per heavy atom. The van der Waals surface area contributed by atoms with Crippen LogP contribution in [0.25, 0.3) is 10.6 Å². The normalized spacial score (nSPS) is 12.3. The summed E-state index contributed by atoms with van der Waals surface area (Å²) in [4.78, 5) is 0. The Labute approximate surface area is 128 Å². The lowest BCUT2D eigenvalue weighted by Crippen LogP contribution is -2.11.